The maximum absolute atomic E-state index is 12.1. The van der Waals surface area contributed by atoms with Crippen LogP contribution < -0.4 is 5.56 Å². The van der Waals surface area contributed by atoms with Crippen LogP contribution in [0.25, 0.3) is 10.9 Å². The van der Waals surface area contributed by atoms with Crippen molar-refractivity contribution >= 4 is 10.9 Å². The number of H-pyrrole nitrogens is 2. The number of unbranched alkanes of at least 4 members (excludes halogenated alkanes) is 1. The van der Waals surface area contributed by atoms with Gasteiger partial charge in [-0.15, -0.1) is 0 Å². The van der Waals surface area contributed by atoms with E-state index in [9.17, 15) is 9.90 Å². The SMILES string of the molecule is CCCCc1nc(O)c(Cc2c[nH]c3ccccc23)[nH]c1=O. The van der Waals surface area contributed by atoms with Crippen LogP contribution in [0.4, 0.5) is 0 Å². The van der Waals surface area contributed by atoms with Gasteiger partial charge in [0.2, 0.25) is 5.88 Å². The van der Waals surface area contributed by atoms with E-state index in [-0.39, 0.29) is 11.4 Å². The topological polar surface area (TPSA) is 81.8 Å². The number of nitrogens with zero attached hydrogens (tertiary/aromatic N) is 1. The molecule has 3 rings (SSSR count). The Morgan fingerprint density at radius 2 is 2.09 bits per heavy atom. The summed E-state index contributed by atoms with van der Waals surface area (Å²) in [5.74, 6) is -0.0871. The van der Waals surface area contributed by atoms with Crippen LogP contribution in [0.3, 0.4) is 0 Å². The van der Waals surface area contributed by atoms with Crippen molar-refractivity contribution in [3.05, 3.63) is 57.8 Å². The largest absolute Gasteiger partial charge is 0.492 e. The second-order valence-corrected chi connectivity index (χ2v) is 5.45. The molecule has 2 heterocycles. The number of rotatable bonds is 5. The number of hydrogen-bond acceptors (Lipinski definition) is 3. The van der Waals surface area contributed by atoms with Crippen molar-refractivity contribution < 1.29 is 5.11 Å². The van der Waals surface area contributed by atoms with Gasteiger partial charge in [0.15, 0.2) is 0 Å². The van der Waals surface area contributed by atoms with Crippen LogP contribution in [-0.4, -0.2) is 20.1 Å². The molecule has 3 N–H and O–H groups in total. The number of benzene rings is 1. The molecule has 22 heavy (non-hydrogen) atoms. The number of aromatic nitrogens is 3. The lowest BCUT2D eigenvalue weighted by atomic mass is 10.1. The molecule has 2 aromatic heterocycles. The summed E-state index contributed by atoms with van der Waals surface area (Å²) < 4.78 is 0. The molecule has 0 fully saturated rings. The Balaban J connectivity index is 1.92. The molecule has 0 spiro atoms. The molecule has 0 aliphatic carbocycles. The molecule has 0 saturated carbocycles. The van der Waals surface area contributed by atoms with E-state index in [4.69, 9.17) is 0 Å². The van der Waals surface area contributed by atoms with E-state index in [1.165, 1.54) is 0 Å². The Kier molecular flexibility index (Phi) is 3.96. The van der Waals surface area contributed by atoms with Crippen molar-refractivity contribution in [2.45, 2.75) is 32.6 Å². The number of para-hydroxylation sites is 1. The lowest BCUT2D eigenvalue weighted by molar-refractivity contribution is 0.438. The van der Waals surface area contributed by atoms with Gasteiger partial charge in [-0.2, -0.15) is 0 Å². The Morgan fingerprint density at radius 1 is 1.27 bits per heavy atom. The summed E-state index contributed by atoms with van der Waals surface area (Å²) in [4.78, 5) is 22.1. The first kappa shape index (κ1) is 14.4. The predicted molar refractivity (Wildman–Crippen MR) is 86.2 cm³/mol. The highest BCUT2D eigenvalue weighted by atomic mass is 16.3. The third-order valence-corrected chi connectivity index (χ3v) is 3.85. The quantitative estimate of drug-likeness (QED) is 0.677. The first-order valence-electron chi connectivity index (χ1n) is 7.55. The summed E-state index contributed by atoms with van der Waals surface area (Å²) in [7, 11) is 0. The maximum Gasteiger partial charge on any atom is 0.270 e. The summed E-state index contributed by atoms with van der Waals surface area (Å²) in [6.45, 7) is 2.05. The fourth-order valence-corrected chi connectivity index (χ4v) is 2.62. The molecule has 1 aromatic carbocycles. The zero-order valence-electron chi connectivity index (χ0n) is 12.5. The van der Waals surface area contributed by atoms with E-state index >= 15 is 0 Å². The third-order valence-electron chi connectivity index (χ3n) is 3.85. The molecule has 0 unspecified atom stereocenters. The monoisotopic (exact) mass is 297 g/mol. The maximum atomic E-state index is 12.1. The molecule has 5 heteroatoms. The summed E-state index contributed by atoms with van der Waals surface area (Å²) >= 11 is 0. The smallest absolute Gasteiger partial charge is 0.270 e. The highest BCUT2D eigenvalue weighted by Crippen LogP contribution is 2.22. The molecule has 0 radical (unpaired) electrons. The van der Waals surface area contributed by atoms with Crippen LogP contribution in [0, 0.1) is 0 Å². The lowest BCUT2D eigenvalue weighted by Crippen LogP contribution is -2.17. The molecule has 3 aromatic rings. The van der Waals surface area contributed by atoms with E-state index < -0.39 is 0 Å². The molecular formula is C17H19N3O2. The van der Waals surface area contributed by atoms with Gasteiger partial charge in [-0.1, -0.05) is 31.5 Å². The van der Waals surface area contributed by atoms with E-state index in [1.54, 1.807) is 0 Å². The summed E-state index contributed by atoms with van der Waals surface area (Å²) in [6, 6.07) is 7.94. The molecular weight excluding hydrogens is 278 g/mol. The van der Waals surface area contributed by atoms with Crippen LogP contribution in [0.1, 0.15) is 36.7 Å². The van der Waals surface area contributed by atoms with Gasteiger partial charge in [0, 0.05) is 23.5 Å². The van der Waals surface area contributed by atoms with Gasteiger partial charge in [-0.05, 0) is 24.5 Å². The van der Waals surface area contributed by atoms with Crippen LogP contribution >= 0.6 is 0 Å². The van der Waals surface area contributed by atoms with Crippen LogP contribution in [0.15, 0.2) is 35.3 Å². The minimum Gasteiger partial charge on any atom is -0.492 e. The van der Waals surface area contributed by atoms with Gasteiger partial charge in [0.05, 0.1) is 5.69 Å². The van der Waals surface area contributed by atoms with Crippen molar-refractivity contribution in [3.8, 4) is 5.88 Å². The number of aryl methyl sites for hydroxylation is 1. The van der Waals surface area contributed by atoms with Gasteiger partial charge < -0.3 is 15.1 Å². The standard InChI is InChI=1S/C17H19N3O2/c1-2-3-7-14-16(21)20-15(17(22)19-14)9-11-10-18-13-8-5-4-6-12(11)13/h4-6,8,10,18H,2-3,7,9H2,1H3,(H,19,22)(H,20,21). The summed E-state index contributed by atoms with van der Waals surface area (Å²) in [5, 5.41) is 11.2. The molecule has 5 nitrogen and oxygen atoms in total. The van der Waals surface area contributed by atoms with Crippen LogP contribution in [0.2, 0.25) is 0 Å². The van der Waals surface area contributed by atoms with Crippen molar-refractivity contribution in [1.82, 2.24) is 15.0 Å². The normalized spacial score (nSPS) is 11.1. The summed E-state index contributed by atoms with van der Waals surface area (Å²) in [6.07, 6.45) is 4.79. The number of nitrogens with one attached hydrogen (secondary N) is 2. The van der Waals surface area contributed by atoms with Crippen molar-refractivity contribution in [2.75, 3.05) is 0 Å². The fraction of sp³-hybridized carbons (Fsp3) is 0.294. The van der Waals surface area contributed by atoms with E-state index in [0.29, 0.717) is 24.2 Å². The number of aromatic amines is 2. The fourth-order valence-electron chi connectivity index (χ4n) is 2.62. The predicted octanol–water partition coefficient (Wildman–Crippen LogP) is 2.89. The second kappa shape index (κ2) is 6.05. The van der Waals surface area contributed by atoms with E-state index in [1.807, 2.05) is 30.5 Å². The molecule has 0 aliphatic rings. The highest BCUT2D eigenvalue weighted by molar-refractivity contribution is 5.83. The molecule has 0 saturated heterocycles. The van der Waals surface area contributed by atoms with E-state index in [2.05, 4.69) is 21.9 Å². The van der Waals surface area contributed by atoms with Crippen molar-refractivity contribution in [3.63, 3.8) is 0 Å². The van der Waals surface area contributed by atoms with Crippen molar-refractivity contribution in [2.24, 2.45) is 0 Å². The highest BCUT2D eigenvalue weighted by Gasteiger charge is 2.12. The first-order valence-corrected chi connectivity index (χ1v) is 7.55. The molecule has 114 valence electrons. The average Bonchev–Trinajstić information content (AvgIpc) is 2.92. The van der Waals surface area contributed by atoms with E-state index in [0.717, 1.165) is 29.3 Å². The average molecular weight is 297 g/mol. The number of hydrogen-bond donors (Lipinski definition) is 3. The Hall–Kier alpha value is -2.56. The number of fused-ring (bicyclic) bond motifs is 1. The molecule has 0 bridgehead atoms. The second-order valence-electron chi connectivity index (χ2n) is 5.45. The minimum atomic E-state index is -0.207. The third kappa shape index (κ3) is 2.74. The van der Waals surface area contributed by atoms with Crippen LogP contribution in [0.5, 0.6) is 5.88 Å². The van der Waals surface area contributed by atoms with Gasteiger partial charge in [-0.3, -0.25) is 4.79 Å². The van der Waals surface area contributed by atoms with Gasteiger partial charge in [0.1, 0.15) is 5.69 Å². The lowest BCUT2D eigenvalue weighted by Gasteiger charge is -2.05. The molecule has 0 aliphatic heterocycles. The molecule has 0 amide bonds. The van der Waals surface area contributed by atoms with Gasteiger partial charge in [0.25, 0.3) is 5.56 Å². The Bertz CT molecular complexity index is 848. The van der Waals surface area contributed by atoms with Crippen LogP contribution in [-0.2, 0) is 12.8 Å². The summed E-state index contributed by atoms with van der Waals surface area (Å²) in [5.41, 5.74) is 2.70. The zero-order valence-corrected chi connectivity index (χ0v) is 12.5. The van der Waals surface area contributed by atoms with Gasteiger partial charge >= 0.3 is 0 Å². The Morgan fingerprint density at radius 3 is 2.91 bits per heavy atom. The van der Waals surface area contributed by atoms with Gasteiger partial charge in [-0.25, -0.2) is 4.98 Å². The molecule has 0 atom stereocenters. The van der Waals surface area contributed by atoms with Crippen molar-refractivity contribution in [1.29, 1.82) is 0 Å². The number of aromatic hydroxyl groups is 1. The zero-order chi connectivity index (χ0) is 15.5. The minimum absolute atomic E-state index is 0.0871. The first-order chi connectivity index (χ1) is 10.7. The Labute approximate surface area is 128 Å².